The molecule has 0 spiro atoms. The average molecular weight is 269 g/mol. The van der Waals surface area contributed by atoms with Gasteiger partial charge in [0.25, 0.3) is 0 Å². The van der Waals surface area contributed by atoms with Crippen molar-refractivity contribution in [2.24, 2.45) is 0 Å². The van der Waals surface area contributed by atoms with E-state index in [4.69, 9.17) is 16.3 Å². The molecule has 0 saturated heterocycles. The van der Waals surface area contributed by atoms with Crippen LogP contribution in [0.3, 0.4) is 0 Å². The van der Waals surface area contributed by atoms with Crippen LogP contribution in [0.1, 0.15) is 38.7 Å². The number of ether oxygens (including phenoxy) is 1. The van der Waals surface area contributed by atoms with Gasteiger partial charge in [-0.15, -0.1) is 11.6 Å². The predicted molar refractivity (Wildman–Crippen MR) is 73.6 cm³/mol. The molecular weight excluding hydrogens is 251 g/mol. The van der Waals surface area contributed by atoms with E-state index >= 15 is 0 Å². The molecule has 1 aromatic carbocycles. The normalized spacial score (nSPS) is 11.6. The van der Waals surface area contributed by atoms with Crippen molar-refractivity contribution in [2.45, 2.75) is 39.2 Å². The molecule has 0 aliphatic carbocycles. The van der Waals surface area contributed by atoms with E-state index < -0.39 is 0 Å². The highest BCUT2D eigenvalue weighted by atomic mass is 35.5. The molecule has 0 aliphatic rings. The SMILES string of the molecule is CCCC(C)Oc1cc(F)ccc1C#CCCCl. The van der Waals surface area contributed by atoms with Gasteiger partial charge in [-0.05, 0) is 25.5 Å². The molecule has 1 unspecified atom stereocenters. The molecule has 0 bridgehead atoms. The van der Waals surface area contributed by atoms with Gasteiger partial charge in [-0.3, -0.25) is 0 Å². The Morgan fingerprint density at radius 1 is 1.44 bits per heavy atom. The number of hydrogen-bond acceptors (Lipinski definition) is 1. The first-order valence-corrected chi connectivity index (χ1v) is 6.71. The Morgan fingerprint density at radius 3 is 2.89 bits per heavy atom. The van der Waals surface area contributed by atoms with Crippen molar-refractivity contribution in [1.29, 1.82) is 0 Å². The highest BCUT2D eigenvalue weighted by Gasteiger charge is 2.08. The van der Waals surface area contributed by atoms with Gasteiger partial charge in [0.15, 0.2) is 0 Å². The van der Waals surface area contributed by atoms with Crippen molar-refractivity contribution in [1.82, 2.24) is 0 Å². The van der Waals surface area contributed by atoms with Crippen LogP contribution in [0.15, 0.2) is 18.2 Å². The van der Waals surface area contributed by atoms with Gasteiger partial charge in [0.05, 0.1) is 11.7 Å². The van der Waals surface area contributed by atoms with E-state index in [0.717, 1.165) is 12.8 Å². The third-order valence-corrected chi connectivity index (χ3v) is 2.60. The zero-order chi connectivity index (χ0) is 13.4. The molecular formula is C15H18ClFO. The molecule has 0 N–H and O–H groups in total. The van der Waals surface area contributed by atoms with E-state index in [1.165, 1.54) is 12.1 Å². The molecule has 0 saturated carbocycles. The van der Waals surface area contributed by atoms with Gasteiger partial charge >= 0.3 is 0 Å². The summed E-state index contributed by atoms with van der Waals surface area (Å²) in [4.78, 5) is 0. The molecule has 1 nitrogen and oxygen atoms in total. The Bertz CT molecular complexity index is 434. The van der Waals surface area contributed by atoms with Crippen LogP contribution in [-0.2, 0) is 0 Å². The molecule has 0 amide bonds. The largest absolute Gasteiger partial charge is 0.489 e. The zero-order valence-electron chi connectivity index (χ0n) is 10.8. The lowest BCUT2D eigenvalue weighted by molar-refractivity contribution is 0.208. The van der Waals surface area contributed by atoms with E-state index in [2.05, 4.69) is 18.8 Å². The van der Waals surface area contributed by atoms with Gasteiger partial charge in [-0.1, -0.05) is 25.2 Å². The van der Waals surface area contributed by atoms with Crippen LogP contribution in [-0.4, -0.2) is 12.0 Å². The van der Waals surface area contributed by atoms with E-state index in [9.17, 15) is 4.39 Å². The van der Waals surface area contributed by atoms with Gasteiger partial charge in [0.2, 0.25) is 0 Å². The van der Waals surface area contributed by atoms with Crippen molar-refractivity contribution in [2.75, 3.05) is 5.88 Å². The topological polar surface area (TPSA) is 9.23 Å². The summed E-state index contributed by atoms with van der Waals surface area (Å²) in [5, 5.41) is 0. The summed E-state index contributed by atoms with van der Waals surface area (Å²) >= 11 is 5.56. The fraction of sp³-hybridized carbons (Fsp3) is 0.467. The van der Waals surface area contributed by atoms with Crippen LogP contribution in [0.25, 0.3) is 0 Å². The molecule has 98 valence electrons. The second kappa shape index (κ2) is 8.00. The minimum atomic E-state index is -0.309. The summed E-state index contributed by atoms with van der Waals surface area (Å²) in [6.45, 7) is 4.07. The molecule has 1 atom stereocenters. The third kappa shape index (κ3) is 4.98. The fourth-order valence-electron chi connectivity index (χ4n) is 1.58. The number of alkyl halides is 1. The van der Waals surface area contributed by atoms with E-state index in [1.807, 2.05) is 6.92 Å². The van der Waals surface area contributed by atoms with Gasteiger partial charge in [-0.2, -0.15) is 0 Å². The summed E-state index contributed by atoms with van der Waals surface area (Å²) in [5.41, 5.74) is 0.712. The minimum absolute atomic E-state index is 0.0605. The predicted octanol–water partition coefficient (Wildman–Crippen LogP) is 4.37. The monoisotopic (exact) mass is 268 g/mol. The second-order valence-electron chi connectivity index (χ2n) is 4.10. The van der Waals surface area contributed by atoms with Gasteiger partial charge in [-0.25, -0.2) is 4.39 Å². The molecule has 0 radical (unpaired) electrons. The zero-order valence-corrected chi connectivity index (χ0v) is 11.6. The number of benzene rings is 1. The standard InChI is InChI=1S/C15H18ClFO/c1-3-6-12(2)18-15-11-14(17)9-8-13(15)7-4-5-10-16/h8-9,11-12H,3,5-6,10H2,1-2H3. The van der Waals surface area contributed by atoms with Crippen LogP contribution in [0.2, 0.25) is 0 Å². The summed E-state index contributed by atoms with van der Waals surface area (Å²) in [6.07, 6.45) is 2.64. The van der Waals surface area contributed by atoms with Gasteiger partial charge in [0.1, 0.15) is 11.6 Å². The van der Waals surface area contributed by atoms with Crippen molar-refractivity contribution in [3.8, 4) is 17.6 Å². The Balaban J connectivity index is 2.87. The maximum Gasteiger partial charge on any atom is 0.138 e. The van der Waals surface area contributed by atoms with Crippen molar-refractivity contribution in [3.05, 3.63) is 29.6 Å². The number of halogens is 2. The Hall–Kier alpha value is -1.20. The van der Waals surface area contributed by atoms with Crippen LogP contribution in [0.5, 0.6) is 5.75 Å². The van der Waals surface area contributed by atoms with Crippen LogP contribution in [0, 0.1) is 17.7 Å². The maximum atomic E-state index is 13.2. The highest BCUT2D eigenvalue weighted by Crippen LogP contribution is 2.21. The Morgan fingerprint density at radius 2 is 2.22 bits per heavy atom. The molecule has 0 aromatic heterocycles. The second-order valence-corrected chi connectivity index (χ2v) is 4.48. The number of rotatable bonds is 5. The van der Waals surface area contributed by atoms with E-state index in [0.29, 0.717) is 23.6 Å². The smallest absolute Gasteiger partial charge is 0.138 e. The van der Waals surface area contributed by atoms with Crippen LogP contribution >= 0.6 is 11.6 Å². The Kier molecular flexibility index (Phi) is 6.60. The lowest BCUT2D eigenvalue weighted by atomic mass is 10.2. The number of hydrogen-bond donors (Lipinski definition) is 0. The summed E-state index contributed by atoms with van der Waals surface area (Å²) in [7, 11) is 0. The molecule has 18 heavy (non-hydrogen) atoms. The first-order valence-electron chi connectivity index (χ1n) is 6.18. The van der Waals surface area contributed by atoms with Gasteiger partial charge < -0.3 is 4.74 Å². The van der Waals surface area contributed by atoms with Crippen molar-refractivity contribution >= 4 is 11.6 Å². The average Bonchev–Trinajstić information content (AvgIpc) is 2.32. The van der Waals surface area contributed by atoms with E-state index in [-0.39, 0.29) is 11.9 Å². The molecule has 0 aliphatic heterocycles. The highest BCUT2D eigenvalue weighted by molar-refractivity contribution is 6.18. The first-order chi connectivity index (χ1) is 8.67. The fourth-order valence-corrected chi connectivity index (χ4v) is 1.68. The van der Waals surface area contributed by atoms with Gasteiger partial charge in [0, 0.05) is 18.4 Å². The summed E-state index contributed by atoms with van der Waals surface area (Å²) < 4.78 is 18.9. The van der Waals surface area contributed by atoms with Crippen LogP contribution < -0.4 is 4.74 Å². The van der Waals surface area contributed by atoms with Crippen molar-refractivity contribution in [3.63, 3.8) is 0 Å². The summed E-state index contributed by atoms with van der Waals surface area (Å²) in [5.74, 6) is 6.59. The maximum absolute atomic E-state index is 13.2. The van der Waals surface area contributed by atoms with Crippen LogP contribution in [0.4, 0.5) is 4.39 Å². The molecule has 3 heteroatoms. The summed E-state index contributed by atoms with van der Waals surface area (Å²) in [6, 6.07) is 4.42. The third-order valence-electron chi connectivity index (χ3n) is 2.41. The lowest BCUT2D eigenvalue weighted by Crippen LogP contribution is -2.12. The quantitative estimate of drug-likeness (QED) is 0.569. The molecule has 0 heterocycles. The lowest BCUT2D eigenvalue weighted by Gasteiger charge is -2.15. The van der Waals surface area contributed by atoms with Crippen molar-refractivity contribution < 1.29 is 9.13 Å². The molecule has 0 fully saturated rings. The Labute approximate surface area is 113 Å². The first kappa shape index (κ1) is 14.9. The van der Waals surface area contributed by atoms with E-state index in [1.54, 1.807) is 6.07 Å². The molecule has 1 aromatic rings. The minimum Gasteiger partial charge on any atom is -0.489 e. The molecule has 1 rings (SSSR count).